The van der Waals surface area contributed by atoms with Gasteiger partial charge in [-0.3, -0.25) is 4.79 Å². The van der Waals surface area contributed by atoms with Crippen LogP contribution in [0.4, 0.5) is 11.6 Å². The third kappa shape index (κ3) is 5.31. The number of methoxy groups -OCH3 is 1. The molecule has 1 heterocycles. The first-order chi connectivity index (χ1) is 14.1. The Kier molecular flexibility index (Phi) is 6.79. The topological polar surface area (TPSA) is 67.4 Å². The molecule has 1 aromatic heterocycles. The molecule has 3 rings (SSSR count). The Morgan fingerprint density at radius 2 is 1.93 bits per heavy atom. The summed E-state index contributed by atoms with van der Waals surface area (Å²) >= 11 is 0. The number of amides is 1. The first kappa shape index (κ1) is 20.3. The van der Waals surface area contributed by atoms with Crippen LogP contribution in [0.1, 0.15) is 28.5 Å². The van der Waals surface area contributed by atoms with Gasteiger partial charge in [-0.25, -0.2) is 9.97 Å². The number of hydrogen-bond donors (Lipinski definition) is 1. The van der Waals surface area contributed by atoms with E-state index < -0.39 is 0 Å². The molecule has 0 fully saturated rings. The number of benzene rings is 2. The Morgan fingerprint density at radius 1 is 1.14 bits per heavy atom. The highest BCUT2D eigenvalue weighted by atomic mass is 16.5. The molecule has 150 valence electrons. The van der Waals surface area contributed by atoms with Gasteiger partial charge >= 0.3 is 0 Å². The zero-order valence-electron chi connectivity index (χ0n) is 17.1. The molecular weight excluding hydrogens is 364 g/mol. The third-order valence-electron chi connectivity index (χ3n) is 4.61. The Bertz CT molecular complexity index is 957. The summed E-state index contributed by atoms with van der Waals surface area (Å²) < 4.78 is 5.17. The monoisotopic (exact) mass is 390 g/mol. The maximum atomic E-state index is 13.0. The molecule has 0 unspecified atom stereocenters. The molecule has 3 aromatic rings. The standard InChI is InChI=1S/C23H26N4O2/c1-4-27(19-7-5-6-17(2)16-19)22(28)21-13-15-25-23(26-21)24-14-12-18-8-10-20(29-3)11-9-18/h5-11,13,15-16H,4,12,14H2,1-3H3,(H,24,25,26). The van der Waals surface area contributed by atoms with Crippen molar-refractivity contribution in [2.45, 2.75) is 20.3 Å². The second kappa shape index (κ2) is 9.68. The molecule has 0 bridgehead atoms. The Labute approximate surface area is 171 Å². The zero-order chi connectivity index (χ0) is 20.6. The van der Waals surface area contributed by atoms with E-state index in [2.05, 4.69) is 15.3 Å². The van der Waals surface area contributed by atoms with E-state index in [-0.39, 0.29) is 5.91 Å². The number of ether oxygens (including phenoxy) is 1. The van der Waals surface area contributed by atoms with Gasteiger partial charge in [-0.2, -0.15) is 0 Å². The van der Waals surface area contributed by atoms with Gasteiger partial charge in [0.05, 0.1) is 7.11 Å². The molecule has 0 aliphatic carbocycles. The average molecular weight is 390 g/mol. The molecule has 6 heteroatoms. The number of carbonyl (C=O) groups excluding carboxylic acids is 1. The molecule has 0 saturated carbocycles. The SMILES string of the molecule is CCN(C(=O)c1ccnc(NCCc2ccc(OC)cc2)n1)c1cccc(C)c1. The van der Waals surface area contributed by atoms with Gasteiger partial charge < -0.3 is 15.0 Å². The molecule has 2 aromatic carbocycles. The van der Waals surface area contributed by atoms with Crippen LogP contribution in [0, 0.1) is 6.92 Å². The highest BCUT2D eigenvalue weighted by Gasteiger charge is 2.18. The lowest BCUT2D eigenvalue weighted by Gasteiger charge is -2.21. The summed E-state index contributed by atoms with van der Waals surface area (Å²) in [6.07, 6.45) is 2.43. The first-order valence-corrected chi connectivity index (χ1v) is 9.69. The van der Waals surface area contributed by atoms with Crippen molar-refractivity contribution in [3.63, 3.8) is 0 Å². The van der Waals surface area contributed by atoms with Crippen molar-refractivity contribution in [2.24, 2.45) is 0 Å². The molecule has 0 spiro atoms. The second-order valence-corrected chi connectivity index (χ2v) is 6.68. The van der Waals surface area contributed by atoms with Gasteiger partial charge in [0, 0.05) is 25.0 Å². The van der Waals surface area contributed by atoms with Gasteiger partial charge in [-0.1, -0.05) is 24.3 Å². The van der Waals surface area contributed by atoms with Gasteiger partial charge in [0.15, 0.2) is 0 Å². The van der Waals surface area contributed by atoms with Gasteiger partial charge in [0.1, 0.15) is 11.4 Å². The smallest absolute Gasteiger partial charge is 0.277 e. The summed E-state index contributed by atoms with van der Waals surface area (Å²) in [4.78, 5) is 23.4. The van der Waals surface area contributed by atoms with Crippen LogP contribution in [0.15, 0.2) is 60.8 Å². The number of rotatable bonds is 8. The molecule has 0 aliphatic heterocycles. The van der Waals surface area contributed by atoms with Crippen molar-refractivity contribution in [1.82, 2.24) is 9.97 Å². The van der Waals surface area contributed by atoms with Crippen LogP contribution < -0.4 is 15.0 Å². The molecule has 29 heavy (non-hydrogen) atoms. The summed E-state index contributed by atoms with van der Waals surface area (Å²) in [6, 6.07) is 17.5. The van der Waals surface area contributed by atoms with Crippen molar-refractivity contribution in [3.8, 4) is 5.75 Å². The number of anilines is 2. The molecule has 0 atom stereocenters. The maximum Gasteiger partial charge on any atom is 0.277 e. The fourth-order valence-corrected chi connectivity index (χ4v) is 3.05. The van der Waals surface area contributed by atoms with Crippen LogP contribution in [0.5, 0.6) is 5.75 Å². The summed E-state index contributed by atoms with van der Waals surface area (Å²) in [5.41, 5.74) is 3.53. The average Bonchev–Trinajstić information content (AvgIpc) is 2.75. The summed E-state index contributed by atoms with van der Waals surface area (Å²) in [5, 5.41) is 3.20. The van der Waals surface area contributed by atoms with Crippen molar-refractivity contribution in [2.75, 3.05) is 30.4 Å². The predicted molar refractivity (Wildman–Crippen MR) is 116 cm³/mol. The molecular formula is C23H26N4O2. The van der Waals surface area contributed by atoms with Gasteiger partial charge in [-0.15, -0.1) is 0 Å². The van der Waals surface area contributed by atoms with E-state index >= 15 is 0 Å². The lowest BCUT2D eigenvalue weighted by molar-refractivity contribution is 0.0983. The minimum atomic E-state index is -0.140. The Hall–Kier alpha value is -3.41. The lowest BCUT2D eigenvalue weighted by Crippen LogP contribution is -2.31. The Morgan fingerprint density at radius 3 is 2.62 bits per heavy atom. The summed E-state index contributed by atoms with van der Waals surface area (Å²) in [5.74, 6) is 1.15. The van der Waals surface area contributed by atoms with Crippen molar-refractivity contribution >= 4 is 17.5 Å². The fraction of sp³-hybridized carbons (Fsp3) is 0.261. The molecule has 1 N–H and O–H groups in total. The predicted octanol–water partition coefficient (Wildman–Crippen LogP) is 4.11. The molecule has 0 aliphatic rings. The number of aromatic nitrogens is 2. The number of nitrogens with one attached hydrogen (secondary N) is 1. The molecule has 0 radical (unpaired) electrons. The van der Waals surface area contributed by atoms with E-state index in [1.54, 1.807) is 24.3 Å². The zero-order valence-corrected chi connectivity index (χ0v) is 17.1. The van der Waals surface area contributed by atoms with Crippen LogP contribution in [-0.4, -0.2) is 36.1 Å². The van der Waals surface area contributed by atoms with E-state index in [9.17, 15) is 4.79 Å². The number of hydrogen-bond acceptors (Lipinski definition) is 5. The van der Waals surface area contributed by atoms with Gasteiger partial charge in [-0.05, 0) is 61.7 Å². The van der Waals surface area contributed by atoms with Crippen LogP contribution in [-0.2, 0) is 6.42 Å². The third-order valence-corrected chi connectivity index (χ3v) is 4.61. The van der Waals surface area contributed by atoms with Gasteiger partial charge in [0.25, 0.3) is 5.91 Å². The largest absolute Gasteiger partial charge is 0.497 e. The highest BCUT2D eigenvalue weighted by molar-refractivity contribution is 6.04. The molecule has 1 amide bonds. The van der Waals surface area contributed by atoms with E-state index in [4.69, 9.17) is 4.74 Å². The van der Waals surface area contributed by atoms with Crippen molar-refractivity contribution < 1.29 is 9.53 Å². The number of carbonyl (C=O) groups is 1. The second-order valence-electron chi connectivity index (χ2n) is 6.68. The summed E-state index contributed by atoms with van der Waals surface area (Å²) in [7, 11) is 1.65. The highest BCUT2D eigenvalue weighted by Crippen LogP contribution is 2.18. The van der Waals surface area contributed by atoms with E-state index in [0.717, 1.165) is 23.4 Å². The van der Waals surface area contributed by atoms with Crippen molar-refractivity contribution in [3.05, 3.63) is 77.6 Å². The van der Waals surface area contributed by atoms with E-state index in [1.807, 2.05) is 62.4 Å². The minimum absolute atomic E-state index is 0.140. The van der Waals surface area contributed by atoms with E-state index in [1.165, 1.54) is 5.56 Å². The van der Waals surface area contributed by atoms with Crippen molar-refractivity contribution in [1.29, 1.82) is 0 Å². The Balaban J connectivity index is 1.65. The maximum absolute atomic E-state index is 13.0. The number of aryl methyl sites for hydroxylation is 1. The van der Waals surface area contributed by atoms with Gasteiger partial charge in [0.2, 0.25) is 5.95 Å². The van der Waals surface area contributed by atoms with Crippen LogP contribution >= 0.6 is 0 Å². The van der Waals surface area contributed by atoms with Crippen LogP contribution in [0.2, 0.25) is 0 Å². The lowest BCUT2D eigenvalue weighted by atomic mass is 10.1. The van der Waals surface area contributed by atoms with E-state index in [0.29, 0.717) is 24.7 Å². The fourth-order valence-electron chi connectivity index (χ4n) is 3.05. The summed E-state index contributed by atoms with van der Waals surface area (Å²) in [6.45, 7) is 5.19. The normalized spacial score (nSPS) is 10.4. The van der Waals surface area contributed by atoms with Crippen LogP contribution in [0.25, 0.3) is 0 Å². The quantitative estimate of drug-likeness (QED) is 0.627. The minimum Gasteiger partial charge on any atom is -0.497 e. The molecule has 0 saturated heterocycles. The first-order valence-electron chi connectivity index (χ1n) is 9.69. The molecule has 6 nitrogen and oxygen atoms in total. The number of nitrogens with zero attached hydrogens (tertiary/aromatic N) is 3. The van der Waals surface area contributed by atoms with Crippen LogP contribution in [0.3, 0.4) is 0 Å².